The Labute approximate surface area is 169 Å². The Morgan fingerprint density at radius 1 is 1.34 bits per heavy atom. The van der Waals surface area contributed by atoms with E-state index in [0.717, 1.165) is 12.8 Å². The second-order valence-electron chi connectivity index (χ2n) is 7.70. The van der Waals surface area contributed by atoms with E-state index in [9.17, 15) is 13.2 Å². The van der Waals surface area contributed by atoms with Gasteiger partial charge in [-0.25, -0.2) is 8.42 Å². The average molecular weight is 423 g/mol. The minimum atomic E-state index is -3.42. The summed E-state index contributed by atoms with van der Waals surface area (Å²) >= 11 is 0. The maximum atomic E-state index is 12.6. The normalized spacial score (nSPS) is 18.1. The molecule has 0 bridgehead atoms. The Kier molecular flexibility index (Phi) is 5.43. The average Bonchev–Trinajstić information content (AvgIpc) is 3.22. The van der Waals surface area contributed by atoms with Crippen molar-refractivity contribution in [2.24, 2.45) is 0 Å². The van der Waals surface area contributed by atoms with Crippen LogP contribution in [0.2, 0.25) is 0 Å². The molecule has 2 aromatic rings. The number of carbonyl (C=O) groups excluding carboxylic acids is 1. The van der Waals surface area contributed by atoms with Crippen LogP contribution < -0.4 is 0 Å². The monoisotopic (exact) mass is 422 g/mol. The molecule has 1 saturated carbocycles. The Morgan fingerprint density at radius 3 is 2.72 bits per heavy atom. The molecular weight excluding hydrogens is 396 g/mol. The summed E-state index contributed by atoms with van der Waals surface area (Å²) < 4.78 is 33.0. The lowest BCUT2D eigenvalue weighted by Crippen LogP contribution is -2.62. The summed E-state index contributed by atoms with van der Waals surface area (Å²) in [5.41, 5.74) is 0.521. The van der Waals surface area contributed by atoms with Gasteiger partial charge in [0, 0.05) is 44.7 Å². The molecule has 4 rings (SSSR count). The van der Waals surface area contributed by atoms with Crippen LogP contribution >= 0.6 is 0 Å². The minimum Gasteiger partial charge on any atom is -0.339 e. The number of sulfonamides is 1. The van der Waals surface area contributed by atoms with Gasteiger partial charge in [-0.15, -0.1) is 0 Å². The molecule has 2 aromatic heterocycles. The topological polar surface area (TPSA) is 114 Å². The van der Waals surface area contributed by atoms with Crippen molar-refractivity contribution in [2.45, 2.75) is 51.1 Å². The summed E-state index contributed by atoms with van der Waals surface area (Å²) in [6.07, 6.45) is 6.50. The van der Waals surface area contributed by atoms with Crippen LogP contribution in [0.5, 0.6) is 0 Å². The quantitative estimate of drug-likeness (QED) is 0.620. The zero-order chi connectivity index (χ0) is 20.6. The van der Waals surface area contributed by atoms with E-state index in [4.69, 9.17) is 4.52 Å². The third kappa shape index (κ3) is 4.06. The number of hydrogen-bond donors (Lipinski definition) is 0. The summed E-state index contributed by atoms with van der Waals surface area (Å²) in [6, 6.07) is 1.44. The molecule has 1 aliphatic carbocycles. The third-order valence-corrected chi connectivity index (χ3v) is 7.04. The molecule has 0 N–H and O–H groups in total. The summed E-state index contributed by atoms with van der Waals surface area (Å²) in [6.45, 7) is 3.51. The number of nitrogens with zero attached hydrogens (tertiary/aromatic N) is 6. The van der Waals surface area contributed by atoms with Crippen molar-refractivity contribution >= 4 is 15.9 Å². The summed E-state index contributed by atoms with van der Waals surface area (Å²) in [5, 5.41) is 8.11. The SMILES string of the molecule is CCn1nccc1C(=O)N1CC(N(CCc2noc(C3CCC3)n2)S(C)(=O)=O)C1. The molecule has 0 atom stereocenters. The zero-order valence-electron chi connectivity index (χ0n) is 16.7. The highest BCUT2D eigenvalue weighted by Crippen LogP contribution is 2.35. The summed E-state index contributed by atoms with van der Waals surface area (Å²) in [7, 11) is -3.42. The first-order chi connectivity index (χ1) is 13.9. The highest BCUT2D eigenvalue weighted by molar-refractivity contribution is 7.88. The number of carbonyl (C=O) groups is 1. The van der Waals surface area contributed by atoms with Gasteiger partial charge in [-0.3, -0.25) is 9.48 Å². The molecule has 3 heterocycles. The van der Waals surface area contributed by atoms with E-state index >= 15 is 0 Å². The van der Waals surface area contributed by atoms with E-state index < -0.39 is 10.0 Å². The molecule has 0 aromatic carbocycles. The fraction of sp³-hybridized carbons (Fsp3) is 0.667. The fourth-order valence-corrected chi connectivity index (χ4v) is 4.85. The molecule has 158 valence electrons. The van der Waals surface area contributed by atoms with Gasteiger partial charge in [-0.1, -0.05) is 11.6 Å². The first-order valence-corrected chi connectivity index (χ1v) is 11.8. The van der Waals surface area contributed by atoms with E-state index in [1.165, 1.54) is 17.0 Å². The summed E-state index contributed by atoms with van der Waals surface area (Å²) in [4.78, 5) is 18.7. The van der Waals surface area contributed by atoms with Crippen LogP contribution in [0.1, 0.15) is 54.3 Å². The van der Waals surface area contributed by atoms with E-state index in [1.54, 1.807) is 21.8 Å². The molecule has 29 heavy (non-hydrogen) atoms. The van der Waals surface area contributed by atoms with Gasteiger partial charge < -0.3 is 9.42 Å². The lowest BCUT2D eigenvalue weighted by Gasteiger charge is -2.44. The van der Waals surface area contributed by atoms with Crippen molar-refractivity contribution in [1.29, 1.82) is 0 Å². The summed E-state index contributed by atoms with van der Waals surface area (Å²) in [5.74, 6) is 1.41. The molecule has 0 unspecified atom stereocenters. The van der Waals surface area contributed by atoms with Crippen molar-refractivity contribution in [3.8, 4) is 0 Å². The maximum Gasteiger partial charge on any atom is 0.272 e. The molecule has 0 spiro atoms. The van der Waals surface area contributed by atoms with Gasteiger partial charge in [0.2, 0.25) is 15.9 Å². The van der Waals surface area contributed by atoms with Gasteiger partial charge in [-0.2, -0.15) is 14.4 Å². The smallest absolute Gasteiger partial charge is 0.272 e. The number of likely N-dealkylation sites (tertiary alicyclic amines) is 1. The molecule has 1 aliphatic heterocycles. The van der Waals surface area contributed by atoms with Crippen LogP contribution in [0, 0.1) is 0 Å². The largest absolute Gasteiger partial charge is 0.339 e. The highest BCUT2D eigenvalue weighted by Gasteiger charge is 2.39. The number of amides is 1. The van der Waals surface area contributed by atoms with Crippen LogP contribution in [0.25, 0.3) is 0 Å². The lowest BCUT2D eigenvalue weighted by atomic mass is 9.85. The Morgan fingerprint density at radius 2 is 2.10 bits per heavy atom. The predicted octanol–water partition coefficient (Wildman–Crippen LogP) is 0.882. The van der Waals surface area contributed by atoms with E-state index in [0.29, 0.717) is 49.4 Å². The highest BCUT2D eigenvalue weighted by atomic mass is 32.2. The van der Waals surface area contributed by atoms with Gasteiger partial charge in [0.05, 0.1) is 12.3 Å². The van der Waals surface area contributed by atoms with Gasteiger partial charge in [0.1, 0.15) is 5.69 Å². The second-order valence-corrected chi connectivity index (χ2v) is 9.63. The van der Waals surface area contributed by atoms with Crippen LogP contribution in [-0.2, 0) is 23.0 Å². The standard InChI is InChI=1S/C18H26N6O4S/c1-3-23-15(7-9-19-23)18(25)22-11-14(12-22)24(29(2,26)27)10-8-16-20-17(28-21-16)13-5-4-6-13/h7,9,13-14H,3-6,8,10-12H2,1-2H3. The predicted molar refractivity (Wildman–Crippen MR) is 104 cm³/mol. The number of aromatic nitrogens is 4. The molecule has 11 heteroatoms. The van der Waals surface area contributed by atoms with E-state index in [2.05, 4.69) is 15.2 Å². The van der Waals surface area contributed by atoms with Gasteiger partial charge >= 0.3 is 0 Å². The molecule has 1 amide bonds. The van der Waals surface area contributed by atoms with Gasteiger partial charge in [-0.05, 0) is 25.8 Å². The van der Waals surface area contributed by atoms with Crippen LogP contribution in [0.15, 0.2) is 16.8 Å². The van der Waals surface area contributed by atoms with Gasteiger partial charge in [0.15, 0.2) is 5.82 Å². The van der Waals surface area contributed by atoms with Crippen molar-refractivity contribution in [2.75, 3.05) is 25.9 Å². The Bertz CT molecular complexity index is 974. The van der Waals surface area contributed by atoms with Crippen molar-refractivity contribution < 1.29 is 17.7 Å². The molecule has 2 aliphatic rings. The second kappa shape index (κ2) is 7.86. The number of hydrogen-bond acceptors (Lipinski definition) is 7. The minimum absolute atomic E-state index is 0.127. The van der Waals surface area contributed by atoms with E-state index in [1.807, 2.05) is 6.92 Å². The van der Waals surface area contributed by atoms with E-state index in [-0.39, 0.29) is 18.5 Å². The maximum absolute atomic E-state index is 12.6. The molecule has 2 fully saturated rings. The number of rotatable bonds is 8. The third-order valence-electron chi connectivity index (χ3n) is 5.71. The van der Waals surface area contributed by atoms with Crippen molar-refractivity contribution in [1.82, 2.24) is 29.1 Å². The first-order valence-electron chi connectivity index (χ1n) is 9.97. The fourth-order valence-electron chi connectivity index (χ4n) is 3.75. The zero-order valence-corrected chi connectivity index (χ0v) is 17.5. The van der Waals surface area contributed by atoms with Crippen LogP contribution in [0.3, 0.4) is 0 Å². The Hall–Kier alpha value is -2.27. The molecule has 10 nitrogen and oxygen atoms in total. The van der Waals surface area contributed by atoms with Crippen LogP contribution in [-0.4, -0.2) is 75.4 Å². The molecule has 0 radical (unpaired) electrons. The van der Waals surface area contributed by atoms with Crippen molar-refractivity contribution in [3.05, 3.63) is 29.7 Å². The first kappa shape index (κ1) is 20.0. The number of aryl methyl sites for hydroxylation is 1. The van der Waals surface area contributed by atoms with Gasteiger partial charge in [0.25, 0.3) is 5.91 Å². The lowest BCUT2D eigenvalue weighted by molar-refractivity contribution is 0.0442. The Balaban J connectivity index is 1.36. The van der Waals surface area contributed by atoms with Crippen LogP contribution in [0.4, 0.5) is 0 Å². The molecular formula is C18H26N6O4S. The molecule has 1 saturated heterocycles. The van der Waals surface area contributed by atoms with Crippen molar-refractivity contribution in [3.63, 3.8) is 0 Å².